The van der Waals surface area contributed by atoms with E-state index in [1.165, 1.54) is 4.31 Å². The van der Waals surface area contributed by atoms with Crippen LogP contribution in [0.1, 0.15) is 25.7 Å². The zero-order chi connectivity index (χ0) is 14.8. The highest BCUT2D eigenvalue weighted by Crippen LogP contribution is 2.29. The minimum absolute atomic E-state index is 0.102. The Labute approximate surface area is 122 Å². The van der Waals surface area contributed by atoms with Crippen molar-refractivity contribution in [3.8, 4) is 0 Å². The second-order valence-electron chi connectivity index (χ2n) is 4.82. The van der Waals surface area contributed by atoms with Crippen LogP contribution in [0.15, 0.2) is 23.1 Å². The minimum atomic E-state index is -4.07. The number of hydrogen-bond donors (Lipinski definition) is 0. The summed E-state index contributed by atoms with van der Waals surface area (Å²) in [7, 11) is -4.07. The van der Waals surface area contributed by atoms with Gasteiger partial charge in [-0.2, -0.15) is 4.31 Å². The largest absolute Gasteiger partial charge is 0.246 e. The van der Waals surface area contributed by atoms with E-state index in [4.69, 9.17) is 11.6 Å². The fourth-order valence-electron chi connectivity index (χ4n) is 2.58. The summed E-state index contributed by atoms with van der Waals surface area (Å²) in [4.78, 5) is -0.616. The lowest BCUT2D eigenvalue weighted by molar-refractivity contribution is 0.335. The second-order valence-corrected chi connectivity index (χ2v) is 7.05. The van der Waals surface area contributed by atoms with E-state index in [2.05, 4.69) is 0 Å². The van der Waals surface area contributed by atoms with E-state index in [0.29, 0.717) is 0 Å². The van der Waals surface area contributed by atoms with E-state index >= 15 is 0 Å². The van der Waals surface area contributed by atoms with Crippen LogP contribution in [0.4, 0.5) is 8.78 Å². The molecule has 0 unspecified atom stereocenters. The van der Waals surface area contributed by atoms with E-state index in [1.54, 1.807) is 0 Å². The minimum Gasteiger partial charge on any atom is -0.207 e. The van der Waals surface area contributed by atoms with Crippen LogP contribution in [0.25, 0.3) is 0 Å². The van der Waals surface area contributed by atoms with Crippen molar-refractivity contribution >= 4 is 21.6 Å². The molecule has 112 valence electrons. The molecule has 2 rings (SSSR count). The maximum Gasteiger partial charge on any atom is 0.246 e. The van der Waals surface area contributed by atoms with E-state index in [-0.39, 0.29) is 18.5 Å². The molecule has 1 aliphatic rings. The molecule has 0 amide bonds. The molecule has 3 nitrogen and oxygen atoms in total. The maximum absolute atomic E-state index is 13.7. The highest BCUT2D eigenvalue weighted by Gasteiger charge is 2.34. The highest BCUT2D eigenvalue weighted by atomic mass is 35.5. The van der Waals surface area contributed by atoms with Gasteiger partial charge in [-0.25, -0.2) is 17.2 Å². The summed E-state index contributed by atoms with van der Waals surface area (Å²) < 4.78 is 53.3. The fourth-order valence-corrected chi connectivity index (χ4v) is 4.62. The van der Waals surface area contributed by atoms with Gasteiger partial charge in [-0.1, -0.05) is 12.8 Å². The van der Waals surface area contributed by atoms with Crippen molar-refractivity contribution in [3.05, 3.63) is 29.8 Å². The lowest BCUT2D eigenvalue weighted by Gasteiger charge is -2.27. The Bertz CT molecular complexity index is 574. The van der Waals surface area contributed by atoms with Crippen LogP contribution >= 0.6 is 11.6 Å². The average molecular weight is 324 g/mol. The van der Waals surface area contributed by atoms with Gasteiger partial charge in [0.05, 0.1) is 0 Å². The van der Waals surface area contributed by atoms with Crippen LogP contribution < -0.4 is 0 Å². The topological polar surface area (TPSA) is 37.4 Å². The molecule has 0 heterocycles. The first-order valence-electron chi connectivity index (χ1n) is 6.49. The first-order valence-corrected chi connectivity index (χ1v) is 8.47. The van der Waals surface area contributed by atoms with E-state index in [0.717, 1.165) is 43.9 Å². The number of rotatable bonds is 5. The number of benzene rings is 1. The molecule has 0 saturated heterocycles. The van der Waals surface area contributed by atoms with Gasteiger partial charge in [0.1, 0.15) is 16.5 Å². The van der Waals surface area contributed by atoms with Crippen LogP contribution in [0.3, 0.4) is 0 Å². The van der Waals surface area contributed by atoms with Crippen molar-refractivity contribution in [1.29, 1.82) is 0 Å². The molecule has 1 aromatic carbocycles. The molecule has 0 bridgehead atoms. The Balaban J connectivity index is 2.41. The van der Waals surface area contributed by atoms with Gasteiger partial charge >= 0.3 is 0 Å². The summed E-state index contributed by atoms with van der Waals surface area (Å²) in [5.41, 5.74) is 0. The number of alkyl halides is 1. The van der Waals surface area contributed by atoms with Gasteiger partial charge in [-0.05, 0) is 31.0 Å². The van der Waals surface area contributed by atoms with Crippen LogP contribution in [0.5, 0.6) is 0 Å². The molecule has 1 fully saturated rings. The summed E-state index contributed by atoms with van der Waals surface area (Å²) in [6.45, 7) is 0.102. The van der Waals surface area contributed by atoms with Crippen molar-refractivity contribution in [2.75, 3.05) is 12.4 Å². The lowest BCUT2D eigenvalue weighted by Crippen LogP contribution is -2.40. The van der Waals surface area contributed by atoms with E-state index in [1.807, 2.05) is 0 Å². The summed E-state index contributed by atoms with van der Waals surface area (Å²) >= 11 is 5.67. The molecular formula is C13H16ClF2NO2S. The highest BCUT2D eigenvalue weighted by molar-refractivity contribution is 7.89. The normalized spacial score (nSPS) is 17.0. The monoisotopic (exact) mass is 323 g/mol. The van der Waals surface area contributed by atoms with Crippen molar-refractivity contribution in [2.45, 2.75) is 36.6 Å². The standard InChI is InChI=1S/C13H16ClF2NO2S/c14-7-8-17(11-3-1-2-4-11)20(18,19)13-9-10(15)5-6-12(13)16/h5-6,9,11H,1-4,7-8H2. The molecule has 1 aromatic rings. The number of sulfonamides is 1. The molecule has 0 N–H and O–H groups in total. The summed E-state index contributed by atoms with van der Waals surface area (Å²) in [6, 6.07) is 2.27. The zero-order valence-electron chi connectivity index (χ0n) is 10.9. The molecule has 0 atom stereocenters. The smallest absolute Gasteiger partial charge is 0.207 e. The SMILES string of the molecule is O=S(=O)(c1cc(F)ccc1F)N(CCCl)C1CCCC1. The summed E-state index contributed by atoms with van der Waals surface area (Å²) in [5.74, 6) is -1.60. The number of nitrogens with zero attached hydrogens (tertiary/aromatic N) is 1. The van der Waals surface area contributed by atoms with Crippen molar-refractivity contribution in [2.24, 2.45) is 0 Å². The Morgan fingerprint density at radius 2 is 1.90 bits per heavy atom. The summed E-state index contributed by atoms with van der Waals surface area (Å²) in [5, 5.41) is 0. The predicted octanol–water partition coefficient (Wildman–Crippen LogP) is 3.14. The number of halogens is 3. The first kappa shape index (κ1) is 15.7. The first-order chi connectivity index (χ1) is 9.46. The third-order valence-electron chi connectivity index (χ3n) is 3.52. The Kier molecular flexibility index (Phi) is 4.99. The third kappa shape index (κ3) is 3.13. The van der Waals surface area contributed by atoms with Gasteiger partial charge < -0.3 is 0 Å². The van der Waals surface area contributed by atoms with Crippen LogP contribution in [0, 0.1) is 11.6 Å². The fraction of sp³-hybridized carbons (Fsp3) is 0.538. The molecule has 7 heteroatoms. The van der Waals surface area contributed by atoms with Crippen molar-refractivity contribution < 1.29 is 17.2 Å². The molecule has 20 heavy (non-hydrogen) atoms. The van der Waals surface area contributed by atoms with Gasteiger partial charge in [0.15, 0.2) is 0 Å². The molecule has 0 spiro atoms. The van der Waals surface area contributed by atoms with Gasteiger partial charge in [0, 0.05) is 18.5 Å². The van der Waals surface area contributed by atoms with E-state index < -0.39 is 26.6 Å². The van der Waals surface area contributed by atoms with Crippen LogP contribution in [-0.4, -0.2) is 31.2 Å². The summed E-state index contributed by atoms with van der Waals surface area (Å²) in [6.07, 6.45) is 3.33. The second kappa shape index (κ2) is 6.37. The molecule has 0 aliphatic heterocycles. The lowest BCUT2D eigenvalue weighted by atomic mass is 10.2. The maximum atomic E-state index is 13.7. The average Bonchev–Trinajstić information content (AvgIpc) is 2.92. The Morgan fingerprint density at radius 1 is 1.25 bits per heavy atom. The quantitative estimate of drug-likeness (QED) is 0.781. The van der Waals surface area contributed by atoms with Crippen LogP contribution in [-0.2, 0) is 10.0 Å². The molecule has 1 aliphatic carbocycles. The Hall–Kier alpha value is -0.720. The van der Waals surface area contributed by atoms with Crippen LogP contribution in [0.2, 0.25) is 0 Å². The Morgan fingerprint density at radius 3 is 2.50 bits per heavy atom. The van der Waals surface area contributed by atoms with Gasteiger partial charge in [0.25, 0.3) is 0 Å². The third-order valence-corrected chi connectivity index (χ3v) is 5.65. The van der Waals surface area contributed by atoms with Crippen molar-refractivity contribution in [1.82, 2.24) is 4.31 Å². The molecule has 1 saturated carbocycles. The zero-order valence-corrected chi connectivity index (χ0v) is 12.4. The van der Waals surface area contributed by atoms with Gasteiger partial charge in [-0.3, -0.25) is 0 Å². The molecule has 0 aromatic heterocycles. The van der Waals surface area contributed by atoms with Gasteiger partial charge in [0.2, 0.25) is 10.0 Å². The molecular weight excluding hydrogens is 308 g/mol. The predicted molar refractivity (Wildman–Crippen MR) is 73.2 cm³/mol. The van der Waals surface area contributed by atoms with Gasteiger partial charge in [-0.15, -0.1) is 11.6 Å². The number of hydrogen-bond acceptors (Lipinski definition) is 2. The molecule has 0 radical (unpaired) electrons. The van der Waals surface area contributed by atoms with Crippen molar-refractivity contribution in [3.63, 3.8) is 0 Å². The van der Waals surface area contributed by atoms with E-state index in [9.17, 15) is 17.2 Å².